The summed E-state index contributed by atoms with van der Waals surface area (Å²) in [6.07, 6.45) is 6.65. The van der Waals surface area contributed by atoms with Crippen molar-refractivity contribution in [3.8, 4) is 0 Å². The summed E-state index contributed by atoms with van der Waals surface area (Å²) in [6.45, 7) is 2.47. The van der Waals surface area contributed by atoms with Crippen LogP contribution in [0.25, 0.3) is 0 Å². The van der Waals surface area contributed by atoms with Crippen molar-refractivity contribution in [3.05, 3.63) is 35.4 Å². The zero-order chi connectivity index (χ0) is 12.4. The van der Waals surface area contributed by atoms with Crippen molar-refractivity contribution in [2.24, 2.45) is 0 Å². The summed E-state index contributed by atoms with van der Waals surface area (Å²) in [5.41, 5.74) is 3.19. The van der Waals surface area contributed by atoms with E-state index in [4.69, 9.17) is 0 Å². The van der Waals surface area contributed by atoms with E-state index < -0.39 is 0 Å². The van der Waals surface area contributed by atoms with Gasteiger partial charge in [-0.05, 0) is 43.9 Å². The predicted octanol–water partition coefficient (Wildman–Crippen LogP) is 2.75. The molecule has 0 saturated carbocycles. The molecule has 0 radical (unpaired) electrons. The first-order chi connectivity index (χ1) is 8.88. The SMILES string of the molecule is CNC1CCN(C2CCCCc3ccccc32)C1. The molecule has 0 aromatic heterocycles. The Morgan fingerprint density at radius 2 is 2.06 bits per heavy atom. The Kier molecular flexibility index (Phi) is 3.67. The number of hydrogen-bond donors (Lipinski definition) is 1. The Bertz CT molecular complexity index is 402. The molecule has 0 amide bonds. The van der Waals surface area contributed by atoms with Gasteiger partial charge in [-0.2, -0.15) is 0 Å². The fraction of sp³-hybridized carbons (Fsp3) is 0.625. The summed E-state index contributed by atoms with van der Waals surface area (Å²) in [6, 6.07) is 10.5. The number of nitrogens with zero attached hydrogens (tertiary/aromatic N) is 1. The second-order valence-electron chi connectivity index (χ2n) is 5.73. The van der Waals surface area contributed by atoms with Crippen LogP contribution in [0.2, 0.25) is 0 Å². The van der Waals surface area contributed by atoms with E-state index in [1.165, 1.54) is 45.2 Å². The molecule has 1 aliphatic carbocycles. The molecule has 1 fully saturated rings. The maximum Gasteiger partial charge on any atom is 0.0351 e. The van der Waals surface area contributed by atoms with Gasteiger partial charge in [-0.3, -0.25) is 4.90 Å². The molecule has 1 aromatic rings. The van der Waals surface area contributed by atoms with Gasteiger partial charge < -0.3 is 5.32 Å². The molecular weight excluding hydrogens is 220 g/mol. The van der Waals surface area contributed by atoms with Crippen molar-refractivity contribution in [3.63, 3.8) is 0 Å². The third-order valence-electron chi connectivity index (χ3n) is 4.66. The van der Waals surface area contributed by atoms with Crippen molar-refractivity contribution >= 4 is 0 Å². The first-order valence-corrected chi connectivity index (χ1v) is 7.37. The van der Waals surface area contributed by atoms with E-state index in [2.05, 4.69) is 41.5 Å². The second kappa shape index (κ2) is 5.41. The molecule has 2 heteroatoms. The highest BCUT2D eigenvalue weighted by Crippen LogP contribution is 2.34. The Hall–Kier alpha value is -0.860. The summed E-state index contributed by atoms with van der Waals surface area (Å²) < 4.78 is 0. The molecule has 1 aromatic carbocycles. The van der Waals surface area contributed by atoms with Crippen LogP contribution in [0.5, 0.6) is 0 Å². The van der Waals surface area contributed by atoms with Crippen molar-refractivity contribution in [2.45, 2.75) is 44.2 Å². The molecule has 2 atom stereocenters. The van der Waals surface area contributed by atoms with Crippen LogP contribution in [-0.4, -0.2) is 31.1 Å². The number of aryl methyl sites for hydroxylation is 1. The molecule has 0 spiro atoms. The number of likely N-dealkylation sites (tertiary alicyclic amines) is 1. The molecule has 1 heterocycles. The topological polar surface area (TPSA) is 15.3 Å². The molecule has 1 N–H and O–H groups in total. The minimum atomic E-state index is 0.669. The number of hydrogen-bond acceptors (Lipinski definition) is 2. The first-order valence-electron chi connectivity index (χ1n) is 7.37. The molecule has 2 aliphatic rings. The quantitative estimate of drug-likeness (QED) is 0.805. The van der Waals surface area contributed by atoms with E-state index in [0.717, 1.165) is 0 Å². The Balaban J connectivity index is 1.83. The van der Waals surface area contributed by atoms with E-state index in [-0.39, 0.29) is 0 Å². The molecule has 2 nitrogen and oxygen atoms in total. The van der Waals surface area contributed by atoms with Gasteiger partial charge in [0.2, 0.25) is 0 Å². The smallest absolute Gasteiger partial charge is 0.0351 e. The summed E-state index contributed by atoms with van der Waals surface area (Å²) in [4.78, 5) is 2.70. The molecule has 98 valence electrons. The second-order valence-corrected chi connectivity index (χ2v) is 5.73. The van der Waals surface area contributed by atoms with Gasteiger partial charge in [0.25, 0.3) is 0 Å². The third kappa shape index (κ3) is 2.32. The van der Waals surface area contributed by atoms with Crippen LogP contribution in [0.15, 0.2) is 24.3 Å². The van der Waals surface area contributed by atoms with Gasteiger partial charge in [0.15, 0.2) is 0 Å². The maximum atomic E-state index is 3.43. The average molecular weight is 244 g/mol. The van der Waals surface area contributed by atoms with Gasteiger partial charge in [0.1, 0.15) is 0 Å². The monoisotopic (exact) mass is 244 g/mol. The van der Waals surface area contributed by atoms with Crippen LogP contribution >= 0.6 is 0 Å². The minimum Gasteiger partial charge on any atom is -0.316 e. The van der Waals surface area contributed by atoms with Crippen molar-refractivity contribution in [2.75, 3.05) is 20.1 Å². The van der Waals surface area contributed by atoms with Crippen LogP contribution in [0, 0.1) is 0 Å². The maximum absolute atomic E-state index is 3.43. The van der Waals surface area contributed by atoms with Crippen molar-refractivity contribution in [1.29, 1.82) is 0 Å². The van der Waals surface area contributed by atoms with Crippen LogP contribution in [0.4, 0.5) is 0 Å². The minimum absolute atomic E-state index is 0.669. The zero-order valence-corrected chi connectivity index (χ0v) is 11.4. The average Bonchev–Trinajstić information content (AvgIpc) is 2.78. The van der Waals surface area contributed by atoms with E-state index in [0.29, 0.717) is 12.1 Å². The van der Waals surface area contributed by atoms with E-state index in [1.807, 2.05) is 0 Å². The molecular formula is C16H24N2. The number of nitrogens with one attached hydrogen (secondary N) is 1. The molecule has 1 aliphatic heterocycles. The lowest BCUT2D eigenvalue weighted by Gasteiger charge is -2.28. The fourth-order valence-electron chi connectivity index (χ4n) is 3.58. The number of rotatable bonds is 2. The Morgan fingerprint density at radius 1 is 1.17 bits per heavy atom. The largest absolute Gasteiger partial charge is 0.316 e. The predicted molar refractivity (Wildman–Crippen MR) is 75.8 cm³/mol. The molecule has 0 bridgehead atoms. The number of benzene rings is 1. The summed E-state index contributed by atoms with van der Waals surface area (Å²) in [7, 11) is 2.09. The summed E-state index contributed by atoms with van der Waals surface area (Å²) >= 11 is 0. The number of fused-ring (bicyclic) bond motifs is 1. The molecule has 18 heavy (non-hydrogen) atoms. The lowest BCUT2D eigenvalue weighted by atomic mass is 9.98. The van der Waals surface area contributed by atoms with Crippen LogP contribution in [-0.2, 0) is 6.42 Å². The molecule has 1 saturated heterocycles. The summed E-state index contributed by atoms with van der Waals surface area (Å²) in [5.74, 6) is 0. The Labute approximate surface area is 110 Å². The van der Waals surface area contributed by atoms with Crippen LogP contribution in [0.1, 0.15) is 42.9 Å². The van der Waals surface area contributed by atoms with Gasteiger partial charge in [-0.15, -0.1) is 0 Å². The van der Waals surface area contributed by atoms with Crippen molar-refractivity contribution in [1.82, 2.24) is 10.2 Å². The van der Waals surface area contributed by atoms with Gasteiger partial charge in [0.05, 0.1) is 0 Å². The molecule has 2 unspecified atom stereocenters. The van der Waals surface area contributed by atoms with E-state index in [9.17, 15) is 0 Å². The highest BCUT2D eigenvalue weighted by molar-refractivity contribution is 5.31. The van der Waals surface area contributed by atoms with E-state index >= 15 is 0 Å². The summed E-state index contributed by atoms with van der Waals surface area (Å²) in [5, 5.41) is 3.43. The highest BCUT2D eigenvalue weighted by atomic mass is 15.2. The standard InChI is InChI=1S/C16H24N2/c1-17-14-10-11-18(12-14)16-9-5-3-7-13-6-2-4-8-15(13)16/h2,4,6,8,14,16-17H,3,5,7,9-12H2,1H3. The van der Waals surface area contributed by atoms with E-state index in [1.54, 1.807) is 11.1 Å². The van der Waals surface area contributed by atoms with Crippen molar-refractivity contribution < 1.29 is 0 Å². The third-order valence-corrected chi connectivity index (χ3v) is 4.66. The fourth-order valence-corrected chi connectivity index (χ4v) is 3.58. The van der Waals surface area contributed by atoms with Gasteiger partial charge >= 0.3 is 0 Å². The highest BCUT2D eigenvalue weighted by Gasteiger charge is 2.30. The van der Waals surface area contributed by atoms with Gasteiger partial charge in [-0.1, -0.05) is 30.7 Å². The van der Waals surface area contributed by atoms with Crippen LogP contribution < -0.4 is 5.32 Å². The zero-order valence-electron chi connectivity index (χ0n) is 11.4. The lowest BCUT2D eigenvalue weighted by Crippen LogP contribution is -2.32. The molecule has 3 rings (SSSR count). The normalized spacial score (nSPS) is 28.9. The Morgan fingerprint density at radius 3 is 2.89 bits per heavy atom. The number of likely N-dealkylation sites (N-methyl/N-ethyl adjacent to an activating group) is 1. The van der Waals surface area contributed by atoms with Gasteiger partial charge in [0, 0.05) is 25.2 Å². The lowest BCUT2D eigenvalue weighted by molar-refractivity contribution is 0.227. The first kappa shape index (κ1) is 12.2. The van der Waals surface area contributed by atoms with Gasteiger partial charge in [-0.25, -0.2) is 0 Å². The van der Waals surface area contributed by atoms with Crippen LogP contribution in [0.3, 0.4) is 0 Å².